The quantitative estimate of drug-likeness (QED) is 0.867. The summed E-state index contributed by atoms with van der Waals surface area (Å²) in [5.74, 6) is 0.00672. The molecule has 0 spiro atoms. The Labute approximate surface area is 106 Å². The molecule has 0 aliphatic carbocycles. The SMILES string of the molecule is CCCCC(=O)Nc1sc(C)c(CC)c1C#N. The first-order valence-corrected chi connectivity index (χ1v) is 6.77. The Kier molecular flexibility index (Phi) is 5.17. The standard InChI is InChI=1S/C13H18N2OS/c1-4-6-7-12(16)15-13-11(8-14)10(5-2)9(3)17-13/h4-7H2,1-3H3,(H,15,16). The molecule has 0 saturated carbocycles. The fourth-order valence-electron chi connectivity index (χ4n) is 1.74. The summed E-state index contributed by atoms with van der Waals surface area (Å²) in [5, 5.41) is 12.7. The van der Waals surface area contributed by atoms with Gasteiger partial charge < -0.3 is 5.32 Å². The highest BCUT2D eigenvalue weighted by atomic mass is 32.1. The molecular weight excluding hydrogens is 232 g/mol. The van der Waals surface area contributed by atoms with E-state index in [2.05, 4.69) is 18.3 Å². The monoisotopic (exact) mass is 250 g/mol. The molecule has 0 radical (unpaired) electrons. The normalized spacial score (nSPS) is 10.0. The number of thiophene rings is 1. The zero-order valence-electron chi connectivity index (χ0n) is 10.6. The molecular formula is C13H18N2OS. The van der Waals surface area contributed by atoms with Crippen LogP contribution in [0.1, 0.15) is 49.1 Å². The minimum Gasteiger partial charge on any atom is -0.317 e. The van der Waals surface area contributed by atoms with Gasteiger partial charge in [0.05, 0.1) is 5.56 Å². The van der Waals surface area contributed by atoms with Gasteiger partial charge in [0.1, 0.15) is 11.1 Å². The van der Waals surface area contributed by atoms with Crippen molar-refractivity contribution in [3.63, 3.8) is 0 Å². The molecule has 1 aromatic heterocycles. The van der Waals surface area contributed by atoms with E-state index in [1.807, 2.05) is 13.8 Å². The first-order valence-electron chi connectivity index (χ1n) is 5.96. The maximum Gasteiger partial charge on any atom is 0.225 e. The lowest BCUT2D eigenvalue weighted by atomic mass is 10.1. The first kappa shape index (κ1) is 13.7. The van der Waals surface area contributed by atoms with E-state index in [9.17, 15) is 4.79 Å². The van der Waals surface area contributed by atoms with Crippen LogP contribution in [0.15, 0.2) is 0 Å². The van der Waals surface area contributed by atoms with Gasteiger partial charge in [-0.2, -0.15) is 5.26 Å². The van der Waals surface area contributed by atoms with Gasteiger partial charge in [0, 0.05) is 11.3 Å². The Morgan fingerprint density at radius 2 is 2.18 bits per heavy atom. The Morgan fingerprint density at radius 1 is 1.47 bits per heavy atom. The van der Waals surface area contributed by atoms with E-state index in [1.165, 1.54) is 11.3 Å². The number of nitrogens with zero attached hydrogens (tertiary/aromatic N) is 1. The summed E-state index contributed by atoms with van der Waals surface area (Å²) in [6, 6.07) is 2.19. The van der Waals surface area contributed by atoms with Gasteiger partial charge in [-0.05, 0) is 25.3 Å². The predicted molar refractivity (Wildman–Crippen MR) is 71.3 cm³/mol. The minimum absolute atomic E-state index is 0.00672. The van der Waals surface area contributed by atoms with Crippen molar-refractivity contribution in [2.75, 3.05) is 5.32 Å². The summed E-state index contributed by atoms with van der Waals surface area (Å²) < 4.78 is 0. The van der Waals surface area contributed by atoms with Crippen LogP contribution in [0.5, 0.6) is 0 Å². The van der Waals surface area contributed by atoms with E-state index in [-0.39, 0.29) is 5.91 Å². The number of hydrogen-bond acceptors (Lipinski definition) is 3. The first-order chi connectivity index (χ1) is 8.13. The zero-order valence-corrected chi connectivity index (χ0v) is 11.4. The van der Waals surface area contributed by atoms with Crippen molar-refractivity contribution in [2.24, 2.45) is 0 Å². The number of hydrogen-bond donors (Lipinski definition) is 1. The van der Waals surface area contributed by atoms with E-state index in [4.69, 9.17) is 5.26 Å². The van der Waals surface area contributed by atoms with Crippen LogP contribution in [0.3, 0.4) is 0 Å². The molecule has 1 heterocycles. The fraction of sp³-hybridized carbons (Fsp3) is 0.538. The summed E-state index contributed by atoms with van der Waals surface area (Å²) in [7, 11) is 0. The second-order valence-electron chi connectivity index (χ2n) is 3.96. The van der Waals surface area contributed by atoms with E-state index in [0.29, 0.717) is 17.0 Å². The number of carbonyl (C=O) groups is 1. The van der Waals surface area contributed by atoms with Crippen molar-refractivity contribution >= 4 is 22.2 Å². The third-order valence-corrected chi connectivity index (χ3v) is 3.75. The molecule has 0 aliphatic rings. The number of anilines is 1. The molecule has 17 heavy (non-hydrogen) atoms. The highest BCUT2D eigenvalue weighted by Gasteiger charge is 2.15. The van der Waals surface area contributed by atoms with Crippen molar-refractivity contribution in [1.29, 1.82) is 5.26 Å². The Bertz CT molecular complexity index is 443. The summed E-state index contributed by atoms with van der Waals surface area (Å²) >= 11 is 1.50. The van der Waals surface area contributed by atoms with Crippen LogP contribution in [0.4, 0.5) is 5.00 Å². The second-order valence-corrected chi connectivity index (χ2v) is 5.18. The molecule has 0 aromatic carbocycles. The molecule has 1 aromatic rings. The predicted octanol–water partition coefficient (Wildman–Crippen LogP) is 3.62. The molecule has 0 bridgehead atoms. The van der Waals surface area contributed by atoms with Crippen LogP contribution in [-0.2, 0) is 11.2 Å². The van der Waals surface area contributed by atoms with Gasteiger partial charge in [-0.3, -0.25) is 4.79 Å². The van der Waals surface area contributed by atoms with Crippen molar-refractivity contribution in [3.8, 4) is 6.07 Å². The third kappa shape index (κ3) is 3.31. The van der Waals surface area contributed by atoms with Crippen LogP contribution in [0, 0.1) is 18.3 Å². The van der Waals surface area contributed by atoms with E-state index in [0.717, 1.165) is 29.7 Å². The summed E-state index contributed by atoms with van der Waals surface area (Å²) in [4.78, 5) is 12.8. The lowest BCUT2D eigenvalue weighted by Gasteiger charge is -2.02. The van der Waals surface area contributed by atoms with Crippen molar-refractivity contribution < 1.29 is 4.79 Å². The Hall–Kier alpha value is -1.34. The fourth-order valence-corrected chi connectivity index (χ4v) is 2.85. The molecule has 3 nitrogen and oxygen atoms in total. The Balaban J connectivity index is 2.85. The molecule has 0 aliphatic heterocycles. The molecule has 1 rings (SSSR count). The average molecular weight is 250 g/mol. The number of nitriles is 1. The maximum atomic E-state index is 11.6. The van der Waals surface area contributed by atoms with E-state index in [1.54, 1.807) is 0 Å². The van der Waals surface area contributed by atoms with E-state index < -0.39 is 0 Å². The smallest absolute Gasteiger partial charge is 0.225 e. The van der Waals surface area contributed by atoms with Crippen LogP contribution >= 0.6 is 11.3 Å². The number of nitrogens with one attached hydrogen (secondary N) is 1. The lowest BCUT2D eigenvalue weighted by Crippen LogP contribution is -2.10. The number of unbranched alkanes of at least 4 members (excludes halogenated alkanes) is 1. The van der Waals surface area contributed by atoms with Crippen molar-refractivity contribution in [1.82, 2.24) is 0 Å². The maximum absolute atomic E-state index is 11.6. The molecule has 1 N–H and O–H groups in total. The zero-order chi connectivity index (χ0) is 12.8. The molecule has 0 unspecified atom stereocenters. The lowest BCUT2D eigenvalue weighted by molar-refractivity contribution is -0.116. The van der Waals surface area contributed by atoms with Gasteiger partial charge in [0.15, 0.2) is 0 Å². The molecule has 0 saturated heterocycles. The largest absolute Gasteiger partial charge is 0.317 e. The topological polar surface area (TPSA) is 52.9 Å². The van der Waals surface area contributed by atoms with Gasteiger partial charge in [-0.15, -0.1) is 11.3 Å². The number of carbonyl (C=O) groups excluding carboxylic acids is 1. The van der Waals surface area contributed by atoms with Gasteiger partial charge in [-0.25, -0.2) is 0 Å². The molecule has 0 fully saturated rings. The highest BCUT2D eigenvalue weighted by Crippen LogP contribution is 2.32. The molecule has 0 atom stereocenters. The van der Waals surface area contributed by atoms with Gasteiger partial charge in [0.25, 0.3) is 0 Å². The van der Waals surface area contributed by atoms with Gasteiger partial charge in [0.2, 0.25) is 5.91 Å². The van der Waals surface area contributed by atoms with Crippen LogP contribution in [0.2, 0.25) is 0 Å². The van der Waals surface area contributed by atoms with Crippen molar-refractivity contribution in [2.45, 2.75) is 46.5 Å². The van der Waals surface area contributed by atoms with Crippen LogP contribution < -0.4 is 5.32 Å². The van der Waals surface area contributed by atoms with E-state index >= 15 is 0 Å². The molecule has 92 valence electrons. The number of amides is 1. The number of rotatable bonds is 5. The summed E-state index contributed by atoms with van der Waals surface area (Å²) in [6.45, 7) is 6.07. The van der Waals surface area contributed by atoms with Gasteiger partial charge in [-0.1, -0.05) is 20.3 Å². The van der Waals surface area contributed by atoms with Crippen molar-refractivity contribution in [3.05, 3.63) is 16.0 Å². The Morgan fingerprint density at radius 3 is 2.71 bits per heavy atom. The highest BCUT2D eigenvalue weighted by molar-refractivity contribution is 7.16. The number of aryl methyl sites for hydroxylation is 1. The van der Waals surface area contributed by atoms with Gasteiger partial charge >= 0.3 is 0 Å². The average Bonchev–Trinajstić information content (AvgIpc) is 2.61. The molecule has 1 amide bonds. The second kappa shape index (κ2) is 6.41. The summed E-state index contributed by atoms with van der Waals surface area (Å²) in [6.07, 6.45) is 3.25. The van der Waals surface area contributed by atoms with Crippen LogP contribution in [0.25, 0.3) is 0 Å². The minimum atomic E-state index is 0.00672. The summed E-state index contributed by atoms with van der Waals surface area (Å²) in [5.41, 5.74) is 1.70. The molecule has 4 heteroatoms. The van der Waals surface area contributed by atoms with Crippen LogP contribution in [-0.4, -0.2) is 5.91 Å². The third-order valence-electron chi connectivity index (χ3n) is 2.68.